The monoisotopic (exact) mass is 728 g/mol. The number of aliphatic hydroxyl groups is 1. The Morgan fingerprint density at radius 3 is 1.67 bits per heavy atom. The van der Waals surface area contributed by atoms with E-state index in [0.717, 1.165) is 63.4 Å². The number of aliphatic hydroxyl groups excluding tert-OH is 1. The highest BCUT2D eigenvalue weighted by Crippen LogP contribution is 2.63. The molecule has 0 saturated carbocycles. The number of carbonyl (C=O) groups excluding carboxylic acids is 3. The highest BCUT2D eigenvalue weighted by molar-refractivity contribution is 8.02. The van der Waals surface area contributed by atoms with Crippen molar-refractivity contribution >= 4 is 41.4 Å². The van der Waals surface area contributed by atoms with Crippen molar-refractivity contribution in [1.82, 2.24) is 0 Å². The van der Waals surface area contributed by atoms with Crippen molar-refractivity contribution in [1.29, 1.82) is 0 Å². The second-order valence-electron chi connectivity index (χ2n) is 16.7. The van der Waals surface area contributed by atoms with E-state index in [-0.39, 0.29) is 35.8 Å². The van der Waals surface area contributed by atoms with Gasteiger partial charge in [0.2, 0.25) is 0 Å². The molecule has 4 atom stereocenters. The normalized spacial score (nSPS) is 23.0. The molecule has 0 heterocycles. The van der Waals surface area contributed by atoms with Gasteiger partial charge in [-0.3, -0.25) is 14.4 Å². The zero-order valence-electron chi connectivity index (χ0n) is 33.2. The van der Waals surface area contributed by atoms with E-state index < -0.39 is 32.5 Å². The molecule has 1 aliphatic rings. The average Bonchev–Trinajstić information content (AvgIpc) is 2.99. The summed E-state index contributed by atoms with van der Waals surface area (Å²) in [6.07, 6.45) is 10.7. The van der Waals surface area contributed by atoms with Gasteiger partial charge in [-0.2, -0.15) is 0 Å². The van der Waals surface area contributed by atoms with Gasteiger partial charge in [0.15, 0.2) is 4.93 Å². The molecule has 0 aromatic rings. The molecular weight excluding hydrogens is 657 g/mol. The van der Waals surface area contributed by atoms with Gasteiger partial charge in [-0.15, -0.1) is 11.8 Å². The van der Waals surface area contributed by atoms with Crippen molar-refractivity contribution < 1.29 is 33.7 Å². The summed E-state index contributed by atoms with van der Waals surface area (Å²) in [7, 11) is 0. The second-order valence-corrected chi connectivity index (χ2v) is 19.2. The maximum Gasteiger partial charge on any atom is 0.316 e. The Morgan fingerprint density at radius 1 is 0.776 bits per heavy atom. The first-order valence-corrected chi connectivity index (χ1v) is 21.0. The number of thioether (sulfide) groups is 2. The number of unbranched alkanes of at least 4 members (excludes halogenated alkanes) is 4. The van der Waals surface area contributed by atoms with Crippen molar-refractivity contribution in [2.75, 3.05) is 24.7 Å². The van der Waals surface area contributed by atoms with Crippen LogP contribution >= 0.6 is 23.5 Å². The summed E-state index contributed by atoms with van der Waals surface area (Å²) < 4.78 is 16.9. The van der Waals surface area contributed by atoms with Crippen LogP contribution in [0.2, 0.25) is 0 Å². The molecule has 49 heavy (non-hydrogen) atoms. The lowest BCUT2D eigenvalue weighted by atomic mass is 9.59. The summed E-state index contributed by atoms with van der Waals surface area (Å²) in [5.41, 5.74) is -0.319. The molecule has 0 aromatic carbocycles. The highest BCUT2D eigenvalue weighted by Gasteiger charge is 2.65. The van der Waals surface area contributed by atoms with E-state index >= 15 is 0 Å². The highest BCUT2D eigenvalue weighted by atomic mass is 32.2. The Hall–Kier alpha value is -1.19. The number of hydrogen-bond donors (Lipinski definition) is 1. The zero-order chi connectivity index (χ0) is 37.5. The van der Waals surface area contributed by atoms with Crippen LogP contribution in [0, 0.1) is 28.6 Å². The van der Waals surface area contributed by atoms with Gasteiger partial charge in [0, 0.05) is 12.3 Å². The van der Waals surface area contributed by atoms with Crippen LogP contribution in [0.25, 0.3) is 0 Å². The Morgan fingerprint density at radius 2 is 1.27 bits per heavy atom. The molecule has 9 heteroatoms. The van der Waals surface area contributed by atoms with Crippen molar-refractivity contribution in [3.05, 3.63) is 11.6 Å². The molecule has 0 amide bonds. The number of rotatable bonds is 22. The van der Waals surface area contributed by atoms with Crippen molar-refractivity contribution in [3.8, 4) is 0 Å². The van der Waals surface area contributed by atoms with Gasteiger partial charge in [-0.1, -0.05) is 140 Å². The second kappa shape index (κ2) is 21.4. The Kier molecular flexibility index (Phi) is 20.0. The van der Waals surface area contributed by atoms with E-state index in [9.17, 15) is 19.5 Å². The molecule has 4 unspecified atom stereocenters. The standard InChI is InChI=1S/C40H72O7S2/c1-13-21-32-39(47-33(41)14-2,48-27-34(42)45-24-19-15-17-22-29(3)4)26-31(37(7,8)9)36(44)40(32,38(10,11)12)49-28-35(43)46-25-20-16-18-23-30(5)6/h26,29-30,32,36,44H,13-25,27-28H2,1-12H3. The topological polar surface area (TPSA) is 99.1 Å². The van der Waals surface area contributed by atoms with Crippen LogP contribution in [-0.4, -0.2) is 63.5 Å². The van der Waals surface area contributed by atoms with Gasteiger partial charge in [0.1, 0.15) is 0 Å². The molecule has 0 fully saturated rings. The van der Waals surface area contributed by atoms with Crippen LogP contribution in [-0.2, 0) is 28.6 Å². The molecule has 7 nitrogen and oxygen atoms in total. The van der Waals surface area contributed by atoms with Crippen LogP contribution in [0.5, 0.6) is 0 Å². The Bertz CT molecular complexity index is 1040. The predicted octanol–water partition coefficient (Wildman–Crippen LogP) is 10.2. The number of hydrogen-bond acceptors (Lipinski definition) is 9. The first kappa shape index (κ1) is 45.8. The lowest BCUT2D eigenvalue weighted by molar-refractivity contribution is -0.156. The Labute approximate surface area is 308 Å². The maximum atomic E-state index is 13.3. The summed E-state index contributed by atoms with van der Waals surface area (Å²) in [6.45, 7) is 25.8. The molecule has 1 N–H and O–H groups in total. The number of ether oxygens (including phenoxy) is 3. The van der Waals surface area contributed by atoms with E-state index in [1.54, 1.807) is 6.92 Å². The fourth-order valence-corrected chi connectivity index (χ4v) is 9.79. The Balaban J connectivity index is 3.50. The molecule has 286 valence electrons. The average molecular weight is 729 g/mol. The predicted molar refractivity (Wildman–Crippen MR) is 207 cm³/mol. The third kappa shape index (κ3) is 14.4. The summed E-state index contributed by atoms with van der Waals surface area (Å²) in [5, 5.41) is 12.5. The number of esters is 3. The van der Waals surface area contributed by atoms with Gasteiger partial charge in [-0.25, -0.2) is 0 Å². The SMILES string of the molecule is CCCC1C(OC(=O)CC)(SCC(=O)OCCCCCC(C)C)C=C(C(C)(C)C)C(O)C1(SCC(=O)OCCCCCC(C)C)C(C)(C)C. The molecular formula is C40H72O7S2. The zero-order valence-corrected chi connectivity index (χ0v) is 34.8. The van der Waals surface area contributed by atoms with Gasteiger partial charge >= 0.3 is 17.9 Å². The molecule has 1 rings (SSSR count). The molecule has 0 spiro atoms. The largest absolute Gasteiger partial charge is 0.465 e. The summed E-state index contributed by atoms with van der Waals surface area (Å²) >= 11 is 2.70. The lowest BCUT2D eigenvalue weighted by Crippen LogP contribution is -2.66. The molecule has 1 aliphatic carbocycles. The molecule has 0 saturated heterocycles. The molecule has 0 bridgehead atoms. The van der Waals surface area contributed by atoms with Crippen LogP contribution in [0.1, 0.15) is 154 Å². The summed E-state index contributed by atoms with van der Waals surface area (Å²) in [5.74, 6) is -0.0931. The van der Waals surface area contributed by atoms with Crippen molar-refractivity contribution in [3.63, 3.8) is 0 Å². The van der Waals surface area contributed by atoms with E-state index in [1.165, 1.54) is 23.5 Å². The lowest BCUT2D eigenvalue weighted by Gasteiger charge is -2.60. The first-order valence-electron chi connectivity index (χ1n) is 19.0. The van der Waals surface area contributed by atoms with E-state index in [0.29, 0.717) is 31.5 Å². The quantitative estimate of drug-likeness (QED) is 0.0384. The van der Waals surface area contributed by atoms with Gasteiger partial charge < -0.3 is 19.3 Å². The van der Waals surface area contributed by atoms with E-state index in [2.05, 4.69) is 55.4 Å². The molecule has 0 aliphatic heterocycles. The van der Waals surface area contributed by atoms with Crippen LogP contribution in [0.3, 0.4) is 0 Å². The van der Waals surface area contributed by atoms with Crippen molar-refractivity contribution in [2.45, 2.75) is 169 Å². The van der Waals surface area contributed by atoms with Gasteiger partial charge in [0.05, 0.1) is 35.6 Å². The van der Waals surface area contributed by atoms with E-state index in [4.69, 9.17) is 14.2 Å². The summed E-state index contributed by atoms with van der Waals surface area (Å²) in [4.78, 5) is 38.4. The van der Waals surface area contributed by atoms with Crippen LogP contribution < -0.4 is 0 Å². The first-order chi connectivity index (χ1) is 22.8. The number of carbonyl (C=O) groups is 3. The maximum absolute atomic E-state index is 13.3. The minimum Gasteiger partial charge on any atom is -0.465 e. The van der Waals surface area contributed by atoms with Crippen molar-refractivity contribution in [2.24, 2.45) is 28.6 Å². The minimum atomic E-state index is -1.26. The smallest absolute Gasteiger partial charge is 0.316 e. The molecule has 0 aromatic heterocycles. The third-order valence-corrected chi connectivity index (χ3v) is 12.8. The van der Waals surface area contributed by atoms with E-state index in [1.807, 2.05) is 26.8 Å². The third-order valence-electron chi connectivity index (χ3n) is 9.46. The fourth-order valence-electron chi connectivity index (χ4n) is 6.77. The minimum absolute atomic E-state index is 0.00301. The molecule has 0 radical (unpaired) electrons. The fraction of sp³-hybridized carbons (Fsp3) is 0.875. The van der Waals surface area contributed by atoms with Gasteiger partial charge in [-0.05, 0) is 53.6 Å². The van der Waals surface area contributed by atoms with Crippen LogP contribution in [0.15, 0.2) is 11.6 Å². The summed E-state index contributed by atoms with van der Waals surface area (Å²) in [6, 6.07) is 0. The van der Waals surface area contributed by atoms with Crippen LogP contribution in [0.4, 0.5) is 0 Å². The van der Waals surface area contributed by atoms with Gasteiger partial charge in [0.25, 0.3) is 0 Å².